The second-order valence-electron chi connectivity index (χ2n) is 10.6. The van der Waals surface area contributed by atoms with Crippen LogP contribution in [0.2, 0.25) is 5.02 Å². The Morgan fingerprint density at radius 1 is 1.41 bits per heavy atom. The number of anilines is 1. The van der Waals surface area contributed by atoms with Crippen molar-refractivity contribution >= 4 is 35.1 Å². The van der Waals surface area contributed by atoms with Gasteiger partial charge in [-0.05, 0) is 51.2 Å². The lowest BCUT2D eigenvalue weighted by molar-refractivity contribution is -0.162. The van der Waals surface area contributed by atoms with Crippen molar-refractivity contribution in [3.63, 3.8) is 0 Å². The van der Waals surface area contributed by atoms with Crippen LogP contribution in [0.4, 0.5) is 5.69 Å². The Morgan fingerprint density at radius 2 is 2.11 bits per heavy atom. The van der Waals surface area contributed by atoms with Crippen molar-refractivity contribution in [3.8, 4) is 0 Å². The Balaban J connectivity index is 1.91. The predicted molar refractivity (Wildman–Crippen MR) is 140 cm³/mol. The molecule has 202 valence electrons. The summed E-state index contributed by atoms with van der Waals surface area (Å²) in [4.78, 5) is 45.1. The Kier molecular flexibility index (Phi) is 7.49. The van der Waals surface area contributed by atoms with Gasteiger partial charge < -0.3 is 24.4 Å². The molecule has 0 radical (unpaired) electrons. The van der Waals surface area contributed by atoms with Crippen LogP contribution in [0.1, 0.15) is 46.1 Å². The number of esters is 1. The van der Waals surface area contributed by atoms with E-state index < -0.39 is 41.1 Å². The van der Waals surface area contributed by atoms with Crippen LogP contribution in [0.3, 0.4) is 0 Å². The number of hydrogen-bond donors (Lipinski definition) is 1. The van der Waals surface area contributed by atoms with Crippen molar-refractivity contribution < 1.29 is 29.0 Å². The second kappa shape index (κ2) is 10.0. The van der Waals surface area contributed by atoms with E-state index in [1.54, 1.807) is 19.1 Å². The first-order chi connectivity index (χ1) is 17.5. The molecule has 1 aromatic rings. The van der Waals surface area contributed by atoms with E-state index in [0.29, 0.717) is 23.6 Å². The number of benzene rings is 1. The first-order valence-corrected chi connectivity index (χ1v) is 13.4. The molecule has 0 aromatic heterocycles. The number of hydrogen-bond acceptors (Lipinski definition) is 6. The van der Waals surface area contributed by atoms with Gasteiger partial charge in [0.1, 0.15) is 17.6 Å². The average molecular weight is 533 g/mol. The number of halogens is 1. The second-order valence-corrected chi connectivity index (χ2v) is 11.0. The van der Waals surface area contributed by atoms with Gasteiger partial charge in [0.25, 0.3) is 5.91 Å². The molecule has 3 aliphatic heterocycles. The van der Waals surface area contributed by atoms with E-state index in [9.17, 15) is 19.5 Å². The van der Waals surface area contributed by atoms with Crippen LogP contribution in [-0.2, 0) is 23.9 Å². The zero-order valence-electron chi connectivity index (χ0n) is 22.2. The fourth-order valence-corrected chi connectivity index (χ4v) is 7.21. The highest BCUT2D eigenvalue weighted by atomic mass is 35.5. The highest BCUT2D eigenvalue weighted by molar-refractivity contribution is 6.34. The summed E-state index contributed by atoms with van der Waals surface area (Å²) in [5, 5.41) is 10.7. The van der Waals surface area contributed by atoms with E-state index in [-0.39, 0.29) is 37.5 Å². The van der Waals surface area contributed by atoms with Gasteiger partial charge in [-0.1, -0.05) is 43.7 Å². The maximum atomic E-state index is 14.6. The van der Waals surface area contributed by atoms with Crippen molar-refractivity contribution in [2.45, 2.75) is 70.7 Å². The van der Waals surface area contributed by atoms with Crippen molar-refractivity contribution in [1.29, 1.82) is 0 Å². The number of carbonyl (C=O) groups excluding carboxylic acids is 3. The maximum absolute atomic E-state index is 14.6. The van der Waals surface area contributed by atoms with E-state index >= 15 is 0 Å². The van der Waals surface area contributed by atoms with Gasteiger partial charge in [0.2, 0.25) is 5.91 Å². The molecule has 2 bridgehead atoms. The molecule has 8 nitrogen and oxygen atoms in total. The molecule has 1 spiro atoms. The van der Waals surface area contributed by atoms with Gasteiger partial charge >= 0.3 is 5.97 Å². The van der Waals surface area contributed by atoms with Crippen molar-refractivity contribution in [2.24, 2.45) is 17.8 Å². The number of likely N-dealkylation sites (tertiary alicyclic amines) is 1. The van der Waals surface area contributed by atoms with Crippen molar-refractivity contribution in [1.82, 2.24) is 4.90 Å². The monoisotopic (exact) mass is 532 g/mol. The Labute approximate surface area is 223 Å². The Bertz CT molecular complexity index is 1090. The van der Waals surface area contributed by atoms with Crippen molar-refractivity contribution in [2.75, 3.05) is 24.7 Å². The summed E-state index contributed by atoms with van der Waals surface area (Å²) in [6, 6.07) is 3.72. The van der Waals surface area contributed by atoms with Gasteiger partial charge in [0.15, 0.2) is 0 Å². The lowest BCUT2D eigenvalue weighted by Crippen LogP contribution is -2.59. The SMILES string of the molecule is C=CCN(C(=O)C1N([C@@H](CC)CO)C(=O)[C@@H]2[C@H](C(=O)OCC)[C@@]3(C)OC12CC3C)c1c(C)cccc1Cl. The number of aryl methyl sites for hydroxylation is 1. The van der Waals surface area contributed by atoms with Gasteiger partial charge in [-0.15, -0.1) is 6.58 Å². The van der Waals surface area contributed by atoms with Crippen LogP contribution in [0, 0.1) is 24.7 Å². The van der Waals surface area contributed by atoms with Gasteiger partial charge in [-0.25, -0.2) is 0 Å². The molecule has 3 unspecified atom stereocenters. The molecular weight excluding hydrogens is 496 g/mol. The van der Waals surface area contributed by atoms with Gasteiger partial charge in [0, 0.05) is 6.54 Å². The number of para-hydroxylation sites is 1. The molecule has 3 heterocycles. The molecule has 3 saturated heterocycles. The molecule has 2 amide bonds. The quantitative estimate of drug-likeness (QED) is 0.386. The number of fused-ring (bicyclic) bond motifs is 1. The van der Waals surface area contributed by atoms with Crippen LogP contribution >= 0.6 is 11.6 Å². The summed E-state index contributed by atoms with van der Waals surface area (Å²) >= 11 is 6.58. The minimum absolute atomic E-state index is 0.106. The molecule has 4 rings (SSSR count). The molecule has 1 N–H and O–H groups in total. The lowest BCUT2D eigenvalue weighted by Gasteiger charge is -2.39. The summed E-state index contributed by atoms with van der Waals surface area (Å²) in [7, 11) is 0. The number of ether oxygens (including phenoxy) is 2. The molecule has 3 aliphatic rings. The number of rotatable bonds is 9. The third kappa shape index (κ3) is 3.91. The first kappa shape index (κ1) is 27.6. The molecular formula is C28H37ClN2O6. The minimum Gasteiger partial charge on any atom is -0.466 e. The summed E-state index contributed by atoms with van der Waals surface area (Å²) in [6.07, 6.45) is 2.46. The number of amides is 2. The highest BCUT2D eigenvalue weighted by Gasteiger charge is 2.80. The topological polar surface area (TPSA) is 96.4 Å². The summed E-state index contributed by atoms with van der Waals surface area (Å²) in [6.45, 7) is 13.1. The normalized spacial score (nSPS) is 32.8. The van der Waals surface area contributed by atoms with Gasteiger partial charge in [-0.3, -0.25) is 14.4 Å². The molecule has 1 aromatic carbocycles. The molecule has 3 fully saturated rings. The zero-order valence-corrected chi connectivity index (χ0v) is 23.0. The van der Waals surface area contributed by atoms with Crippen molar-refractivity contribution in [3.05, 3.63) is 41.4 Å². The van der Waals surface area contributed by atoms with Crippen LogP contribution in [0.15, 0.2) is 30.9 Å². The summed E-state index contributed by atoms with van der Waals surface area (Å²) in [5.41, 5.74) is -0.867. The standard InChI is InChI=1S/C28H37ClN2O6/c1-7-13-30(22-16(4)11-10-12-19(22)29)25(34)23-28-14-17(5)27(6,37-28)21(26(35)36-9-3)20(28)24(33)31(23)18(8-2)15-32/h7,10-12,17-18,20-21,23,32H,1,8-9,13-15H2,2-6H3/t17?,18-,20-,21+,23?,27-,28?/m0/s1. The maximum Gasteiger partial charge on any atom is 0.312 e. The third-order valence-corrected chi connectivity index (χ3v) is 8.94. The van der Waals surface area contributed by atoms with E-state index in [2.05, 4.69) is 6.58 Å². The Hall–Kier alpha value is -2.42. The predicted octanol–water partition coefficient (Wildman–Crippen LogP) is 3.51. The number of aliphatic hydroxyl groups excluding tert-OH is 1. The first-order valence-electron chi connectivity index (χ1n) is 13.0. The largest absolute Gasteiger partial charge is 0.466 e. The van der Waals surface area contributed by atoms with E-state index in [1.807, 2.05) is 39.8 Å². The fourth-order valence-electron chi connectivity index (χ4n) is 6.89. The van der Waals surface area contributed by atoms with Crippen LogP contribution in [-0.4, -0.2) is 70.8 Å². The highest BCUT2D eigenvalue weighted by Crippen LogP contribution is 2.65. The molecule has 7 atom stereocenters. The van der Waals surface area contributed by atoms with E-state index in [0.717, 1.165) is 5.56 Å². The molecule has 9 heteroatoms. The van der Waals surface area contributed by atoms with Crippen LogP contribution in [0.25, 0.3) is 0 Å². The zero-order chi connectivity index (χ0) is 27.3. The average Bonchev–Trinajstić information content (AvgIpc) is 3.36. The number of carbonyl (C=O) groups is 3. The van der Waals surface area contributed by atoms with Gasteiger partial charge in [-0.2, -0.15) is 0 Å². The van der Waals surface area contributed by atoms with Crippen LogP contribution < -0.4 is 4.90 Å². The summed E-state index contributed by atoms with van der Waals surface area (Å²) in [5.74, 6) is -3.07. The fraction of sp³-hybridized carbons (Fsp3) is 0.607. The number of nitrogens with zero attached hydrogens (tertiary/aromatic N) is 2. The molecule has 0 saturated carbocycles. The minimum atomic E-state index is -1.24. The van der Waals surface area contributed by atoms with E-state index in [4.69, 9.17) is 21.1 Å². The van der Waals surface area contributed by atoms with Crippen LogP contribution in [0.5, 0.6) is 0 Å². The van der Waals surface area contributed by atoms with Gasteiger partial charge in [0.05, 0.1) is 41.5 Å². The lowest BCUT2D eigenvalue weighted by atomic mass is 9.62. The smallest absolute Gasteiger partial charge is 0.312 e. The molecule has 37 heavy (non-hydrogen) atoms. The number of aliphatic hydroxyl groups is 1. The summed E-state index contributed by atoms with van der Waals surface area (Å²) < 4.78 is 12.1. The molecule has 0 aliphatic carbocycles. The third-order valence-electron chi connectivity index (χ3n) is 8.64. The van der Waals surface area contributed by atoms with E-state index in [1.165, 1.54) is 9.80 Å². The Morgan fingerprint density at radius 3 is 2.68 bits per heavy atom.